The van der Waals surface area contributed by atoms with Gasteiger partial charge in [-0.15, -0.1) is 0 Å². The van der Waals surface area contributed by atoms with Crippen LogP contribution in [0.15, 0.2) is 35.8 Å². The zero-order valence-electron chi connectivity index (χ0n) is 15.5. The van der Waals surface area contributed by atoms with Gasteiger partial charge in [-0.1, -0.05) is 52.5 Å². The fourth-order valence-corrected chi connectivity index (χ4v) is 7.96. The summed E-state index contributed by atoms with van der Waals surface area (Å²) in [5.41, 5.74) is -1.06. The number of aliphatic hydroxyl groups is 1. The number of carbonyl (C=O) groups excluding carboxylic acids is 1. The first-order chi connectivity index (χ1) is 15.4. The van der Waals surface area contributed by atoms with E-state index < -0.39 is 23.6 Å². The first-order valence-electron chi connectivity index (χ1n) is 8.87. The van der Waals surface area contributed by atoms with Crippen LogP contribution in [0.25, 0.3) is 0 Å². The van der Waals surface area contributed by atoms with Crippen LogP contribution in [-0.4, -0.2) is 22.3 Å². The Bertz CT molecular complexity index is 1380. The molecule has 5 nitrogen and oxygen atoms in total. The summed E-state index contributed by atoms with van der Waals surface area (Å²) in [7, 11) is 0. The number of benzene rings is 2. The molecule has 1 aliphatic carbocycles. The number of allylic oxidation sites excluding steroid dienone is 1. The second-order valence-electron chi connectivity index (χ2n) is 7.30. The maximum atomic E-state index is 13.2. The highest BCUT2D eigenvalue weighted by Crippen LogP contribution is 2.64. The predicted molar refractivity (Wildman–Crippen MR) is 140 cm³/mol. The molecule has 2 heterocycles. The van der Waals surface area contributed by atoms with E-state index in [0.717, 1.165) is 0 Å². The molecule has 3 aliphatic rings. The standard InChI is InChI=1S/C20H6Br4Cl4O5/c21-5-1-3-17(9(23)15(5)29)32-18-4(2-6(22)16(30)10(18)24)20(3)8-7(19(31)33-20)11(25)13(27)14(28)12(8)26/h1-3,17,29-30H. The average Bonchev–Trinajstić information content (AvgIpc) is 3.08. The van der Waals surface area contributed by atoms with Crippen LogP contribution < -0.4 is 4.74 Å². The van der Waals surface area contributed by atoms with E-state index in [4.69, 9.17) is 55.9 Å². The molecule has 2 N–H and O–H groups in total. The Kier molecular flexibility index (Phi) is 6.10. The third kappa shape index (κ3) is 3.16. The summed E-state index contributed by atoms with van der Waals surface area (Å²) in [6.45, 7) is 0. The maximum Gasteiger partial charge on any atom is 0.341 e. The van der Waals surface area contributed by atoms with Gasteiger partial charge in [-0.2, -0.15) is 0 Å². The molecular weight excluding hydrogens is 782 g/mol. The minimum atomic E-state index is -1.60. The third-order valence-electron chi connectivity index (χ3n) is 5.71. The summed E-state index contributed by atoms with van der Waals surface area (Å²) >= 11 is 39.2. The lowest BCUT2D eigenvalue weighted by atomic mass is 9.70. The van der Waals surface area contributed by atoms with Gasteiger partial charge in [-0.3, -0.25) is 0 Å². The molecule has 1 spiro atoms. The topological polar surface area (TPSA) is 76.0 Å². The van der Waals surface area contributed by atoms with Crippen LogP contribution >= 0.6 is 110 Å². The Morgan fingerprint density at radius 3 is 2.27 bits per heavy atom. The van der Waals surface area contributed by atoms with E-state index in [0.29, 0.717) is 14.5 Å². The number of ether oxygens (including phenoxy) is 2. The summed E-state index contributed by atoms with van der Waals surface area (Å²) in [4.78, 5) is 13.2. The highest BCUT2D eigenvalue weighted by molar-refractivity contribution is 9.12. The number of aromatic hydroxyl groups is 1. The van der Waals surface area contributed by atoms with Crippen LogP contribution in [0.3, 0.4) is 0 Å². The monoisotopic (exact) mass is 782 g/mol. The van der Waals surface area contributed by atoms with Crippen molar-refractivity contribution < 1.29 is 24.5 Å². The number of carbonyl (C=O) groups is 1. The molecule has 172 valence electrons. The lowest BCUT2D eigenvalue weighted by molar-refractivity contribution is -0.0434. The largest absolute Gasteiger partial charge is 0.506 e. The molecule has 5 rings (SSSR count). The molecule has 0 bridgehead atoms. The van der Waals surface area contributed by atoms with Crippen molar-refractivity contribution in [3.05, 3.63) is 72.6 Å². The minimum Gasteiger partial charge on any atom is -0.506 e. The number of rotatable bonds is 0. The van der Waals surface area contributed by atoms with Gasteiger partial charge in [-0.05, 0) is 69.8 Å². The predicted octanol–water partition coefficient (Wildman–Crippen LogP) is 8.78. The van der Waals surface area contributed by atoms with Crippen LogP contribution in [0.5, 0.6) is 11.5 Å². The Morgan fingerprint density at radius 1 is 0.970 bits per heavy atom. The number of phenols is 1. The highest BCUT2D eigenvalue weighted by atomic mass is 79.9. The van der Waals surface area contributed by atoms with E-state index in [9.17, 15) is 15.0 Å². The van der Waals surface area contributed by atoms with Gasteiger partial charge in [0.15, 0.2) is 5.60 Å². The normalized spacial score (nSPS) is 25.3. The summed E-state index contributed by atoms with van der Waals surface area (Å²) in [5, 5.41) is 20.8. The molecule has 2 aromatic rings. The van der Waals surface area contributed by atoms with E-state index in [1.165, 1.54) is 0 Å². The first kappa shape index (κ1) is 24.6. The number of hydrogen-bond acceptors (Lipinski definition) is 5. The second-order valence-corrected chi connectivity index (χ2v) is 12.2. The van der Waals surface area contributed by atoms with Crippen LogP contribution in [0.1, 0.15) is 21.5 Å². The molecule has 33 heavy (non-hydrogen) atoms. The first-order valence-corrected chi connectivity index (χ1v) is 13.6. The number of aliphatic hydroxyl groups excluding tert-OH is 1. The number of hydrogen-bond donors (Lipinski definition) is 2. The molecule has 13 heteroatoms. The van der Waals surface area contributed by atoms with Gasteiger partial charge in [-0.25, -0.2) is 4.79 Å². The number of esters is 1. The quantitative estimate of drug-likeness (QED) is 0.159. The van der Waals surface area contributed by atoms with E-state index in [-0.39, 0.29) is 57.4 Å². The van der Waals surface area contributed by atoms with Crippen molar-refractivity contribution in [2.75, 3.05) is 0 Å². The van der Waals surface area contributed by atoms with Crippen molar-refractivity contribution in [2.24, 2.45) is 5.92 Å². The average molecular weight is 788 g/mol. The zero-order chi connectivity index (χ0) is 24.1. The van der Waals surface area contributed by atoms with Gasteiger partial charge < -0.3 is 19.7 Å². The van der Waals surface area contributed by atoms with Gasteiger partial charge in [0, 0.05) is 11.1 Å². The number of halogens is 8. The van der Waals surface area contributed by atoms with Crippen LogP contribution in [0, 0.1) is 5.92 Å². The van der Waals surface area contributed by atoms with Gasteiger partial charge in [0.25, 0.3) is 0 Å². The third-order valence-corrected chi connectivity index (χ3v) is 10.3. The van der Waals surface area contributed by atoms with E-state index in [2.05, 4.69) is 63.7 Å². The fraction of sp³-hybridized carbons (Fsp3) is 0.150. The lowest BCUT2D eigenvalue weighted by Gasteiger charge is -2.46. The summed E-state index contributed by atoms with van der Waals surface area (Å²) < 4.78 is 13.4. The second kappa shape index (κ2) is 8.20. The minimum absolute atomic E-state index is 0.0155. The van der Waals surface area contributed by atoms with E-state index >= 15 is 0 Å². The smallest absolute Gasteiger partial charge is 0.341 e. The summed E-state index contributed by atoms with van der Waals surface area (Å²) in [5.74, 6) is -1.57. The van der Waals surface area contributed by atoms with Gasteiger partial charge >= 0.3 is 5.97 Å². The van der Waals surface area contributed by atoms with Gasteiger partial charge in [0.1, 0.15) is 27.8 Å². The molecular formula is C20H6Br4Cl4O5. The Morgan fingerprint density at radius 2 is 1.61 bits per heavy atom. The zero-order valence-corrected chi connectivity index (χ0v) is 24.8. The van der Waals surface area contributed by atoms with Crippen molar-refractivity contribution >= 4 is 116 Å². The molecule has 2 aliphatic heterocycles. The molecule has 0 radical (unpaired) electrons. The van der Waals surface area contributed by atoms with E-state index in [1.54, 1.807) is 12.1 Å². The van der Waals surface area contributed by atoms with Crippen LogP contribution in [0.2, 0.25) is 20.1 Å². The van der Waals surface area contributed by atoms with Gasteiger partial charge in [0.05, 0.1) is 45.0 Å². The molecule has 0 fully saturated rings. The fourth-order valence-electron chi connectivity index (χ4n) is 4.32. The maximum absolute atomic E-state index is 13.2. The van der Waals surface area contributed by atoms with Crippen molar-refractivity contribution in [3.63, 3.8) is 0 Å². The van der Waals surface area contributed by atoms with Crippen molar-refractivity contribution in [2.45, 2.75) is 11.7 Å². The van der Waals surface area contributed by atoms with Crippen molar-refractivity contribution in [1.29, 1.82) is 0 Å². The SMILES string of the molecule is O=C1OC2(c3cc(Br)c(O)c(Br)c3OC3C(Br)=C(O)C(Br)=CC32)c2c(Cl)c(Cl)c(Cl)c(Cl)c21. The van der Waals surface area contributed by atoms with Gasteiger partial charge in [0.2, 0.25) is 0 Å². The lowest BCUT2D eigenvalue weighted by Crippen LogP contribution is -2.50. The number of fused-ring (bicyclic) bond motifs is 6. The highest BCUT2D eigenvalue weighted by Gasteiger charge is 2.62. The molecule has 0 saturated heterocycles. The van der Waals surface area contributed by atoms with Crippen molar-refractivity contribution in [1.82, 2.24) is 0 Å². The Balaban J connectivity index is 1.98. The Labute approximate surface area is 240 Å². The summed E-state index contributed by atoms with van der Waals surface area (Å²) in [6.07, 6.45) is 0.774. The number of phenolic OH excluding ortho intramolecular Hbond substituents is 1. The Hall–Kier alpha value is -0.130. The van der Waals surface area contributed by atoms with Crippen molar-refractivity contribution in [3.8, 4) is 11.5 Å². The molecule has 3 unspecified atom stereocenters. The molecule has 0 aromatic heterocycles. The molecule has 0 amide bonds. The molecule has 3 atom stereocenters. The summed E-state index contributed by atoms with van der Waals surface area (Å²) in [6, 6.07) is 1.56. The van der Waals surface area contributed by atoms with Crippen LogP contribution in [0.4, 0.5) is 0 Å². The molecule has 0 saturated carbocycles. The van der Waals surface area contributed by atoms with Crippen LogP contribution in [-0.2, 0) is 10.3 Å². The molecule has 2 aromatic carbocycles. The van der Waals surface area contributed by atoms with E-state index in [1.807, 2.05) is 0 Å².